The maximum atomic E-state index is 11.5. The number of carbonyl (C=O) groups excluding carboxylic acids is 1. The molecular formula is C12H16N2O. The summed E-state index contributed by atoms with van der Waals surface area (Å²) in [5.74, 6) is 0.0149. The molecule has 1 aromatic rings. The van der Waals surface area contributed by atoms with Crippen molar-refractivity contribution < 1.29 is 4.79 Å². The van der Waals surface area contributed by atoms with Crippen LogP contribution in [0.25, 0.3) is 0 Å². The monoisotopic (exact) mass is 204 g/mol. The van der Waals surface area contributed by atoms with Crippen LogP contribution < -0.4 is 5.32 Å². The minimum absolute atomic E-state index is 0.0149. The first-order chi connectivity index (χ1) is 7.13. The van der Waals surface area contributed by atoms with Crippen molar-refractivity contribution in [2.24, 2.45) is 4.99 Å². The number of nitrogens with zero attached hydrogens (tertiary/aromatic N) is 1. The first-order valence-electron chi connectivity index (χ1n) is 4.97. The van der Waals surface area contributed by atoms with Crippen LogP contribution >= 0.6 is 0 Å². The van der Waals surface area contributed by atoms with Gasteiger partial charge in [-0.3, -0.25) is 9.79 Å². The molecule has 1 aromatic carbocycles. The molecule has 0 fully saturated rings. The SMILES string of the molecule is C=Nc1ccccc1CC(=O)NC(C)C. The van der Waals surface area contributed by atoms with Gasteiger partial charge in [-0.15, -0.1) is 0 Å². The predicted molar refractivity (Wildman–Crippen MR) is 62.6 cm³/mol. The van der Waals surface area contributed by atoms with Gasteiger partial charge in [-0.1, -0.05) is 18.2 Å². The second kappa shape index (κ2) is 5.29. The van der Waals surface area contributed by atoms with Crippen molar-refractivity contribution >= 4 is 18.3 Å². The van der Waals surface area contributed by atoms with E-state index in [1.54, 1.807) is 0 Å². The number of benzene rings is 1. The highest BCUT2D eigenvalue weighted by Crippen LogP contribution is 2.18. The Labute approximate surface area is 90.2 Å². The Kier molecular flexibility index (Phi) is 4.03. The smallest absolute Gasteiger partial charge is 0.224 e. The summed E-state index contributed by atoms with van der Waals surface area (Å²) >= 11 is 0. The molecule has 1 amide bonds. The lowest BCUT2D eigenvalue weighted by Crippen LogP contribution is -2.31. The van der Waals surface area contributed by atoms with Gasteiger partial charge in [0.25, 0.3) is 0 Å². The highest BCUT2D eigenvalue weighted by atomic mass is 16.1. The topological polar surface area (TPSA) is 41.5 Å². The molecule has 1 N–H and O–H groups in total. The van der Waals surface area contributed by atoms with Crippen LogP contribution in [0.15, 0.2) is 29.3 Å². The fourth-order valence-electron chi connectivity index (χ4n) is 1.36. The van der Waals surface area contributed by atoms with E-state index in [4.69, 9.17) is 0 Å². The molecule has 0 aliphatic carbocycles. The fourth-order valence-corrected chi connectivity index (χ4v) is 1.36. The van der Waals surface area contributed by atoms with E-state index in [9.17, 15) is 4.79 Å². The largest absolute Gasteiger partial charge is 0.354 e. The molecule has 0 bridgehead atoms. The number of aliphatic imine (C=N–C) groups is 1. The van der Waals surface area contributed by atoms with Crippen molar-refractivity contribution in [1.82, 2.24) is 5.32 Å². The molecule has 0 heterocycles. The summed E-state index contributed by atoms with van der Waals surface area (Å²) in [5.41, 5.74) is 1.68. The van der Waals surface area contributed by atoms with Crippen molar-refractivity contribution in [2.75, 3.05) is 0 Å². The summed E-state index contributed by atoms with van der Waals surface area (Å²) in [6.07, 6.45) is 0.355. The molecule has 0 spiro atoms. The zero-order chi connectivity index (χ0) is 11.3. The lowest BCUT2D eigenvalue weighted by Gasteiger charge is -2.09. The predicted octanol–water partition coefficient (Wildman–Crippen LogP) is 2.09. The fraction of sp³-hybridized carbons (Fsp3) is 0.333. The molecule has 0 aromatic heterocycles. The lowest BCUT2D eigenvalue weighted by molar-refractivity contribution is -0.120. The molecule has 0 saturated heterocycles. The second-order valence-corrected chi connectivity index (χ2v) is 3.69. The Morgan fingerprint density at radius 1 is 1.47 bits per heavy atom. The molecule has 80 valence electrons. The summed E-state index contributed by atoms with van der Waals surface area (Å²) < 4.78 is 0. The van der Waals surface area contributed by atoms with E-state index in [1.165, 1.54) is 0 Å². The average Bonchev–Trinajstić information content (AvgIpc) is 2.17. The van der Waals surface area contributed by atoms with Gasteiger partial charge in [-0.05, 0) is 32.2 Å². The number of hydrogen-bond donors (Lipinski definition) is 1. The van der Waals surface area contributed by atoms with Crippen LogP contribution in [0, 0.1) is 0 Å². The van der Waals surface area contributed by atoms with Crippen LogP contribution in [0.5, 0.6) is 0 Å². The Morgan fingerprint density at radius 3 is 2.73 bits per heavy atom. The van der Waals surface area contributed by atoms with E-state index < -0.39 is 0 Å². The molecule has 0 atom stereocenters. The number of para-hydroxylation sites is 1. The Morgan fingerprint density at radius 2 is 2.13 bits per heavy atom. The van der Waals surface area contributed by atoms with Crippen molar-refractivity contribution in [2.45, 2.75) is 26.3 Å². The van der Waals surface area contributed by atoms with Gasteiger partial charge < -0.3 is 5.32 Å². The highest BCUT2D eigenvalue weighted by Gasteiger charge is 2.07. The van der Waals surface area contributed by atoms with Gasteiger partial charge in [-0.2, -0.15) is 0 Å². The standard InChI is InChI=1S/C12H16N2O/c1-9(2)14-12(15)8-10-6-4-5-7-11(10)13-3/h4-7,9H,3,8H2,1-2H3,(H,14,15). The summed E-state index contributed by atoms with van der Waals surface area (Å²) in [4.78, 5) is 15.4. The molecule has 0 unspecified atom stereocenters. The van der Waals surface area contributed by atoms with E-state index >= 15 is 0 Å². The van der Waals surface area contributed by atoms with Gasteiger partial charge in [0, 0.05) is 6.04 Å². The number of amides is 1. The maximum Gasteiger partial charge on any atom is 0.224 e. The molecule has 0 radical (unpaired) electrons. The second-order valence-electron chi connectivity index (χ2n) is 3.69. The van der Waals surface area contributed by atoms with Crippen LogP contribution in [-0.4, -0.2) is 18.7 Å². The third-order valence-corrected chi connectivity index (χ3v) is 1.96. The first kappa shape index (κ1) is 11.4. The zero-order valence-electron chi connectivity index (χ0n) is 9.16. The summed E-state index contributed by atoms with van der Waals surface area (Å²) in [5, 5.41) is 2.84. The van der Waals surface area contributed by atoms with Gasteiger partial charge in [0.05, 0.1) is 12.1 Å². The third-order valence-electron chi connectivity index (χ3n) is 1.96. The van der Waals surface area contributed by atoms with Crippen LogP contribution in [0.4, 0.5) is 5.69 Å². The number of rotatable bonds is 4. The van der Waals surface area contributed by atoms with E-state index in [-0.39, 0.29) is 11.9 Å². The van der Waals surface area contributed by atoms with Gasteiger partial charge in [0.15, 0.2) is 0 Å². The summed E-state index contributed by atoms with van der Waals surface area (Å²) in [6, 6.07) is 7.69. The van der Waals surface area contributed by atoms with E-state index in [0.29, 0.717) is 6.42 Å². The van der Waals surface area contributed by atoms with Crippen LogP contribution in [0.2, 0.25) is 0 Å². The molecular weight excluding hydrogens is 188 g/mol. The van der Waals surface area contributed by atoms with Crippen LogP contribution in [0.1, 0.15) is 19.4 Å². The average molecular weight is 204 g/mol. The minimum atomic E-state index is 0.0149. The number of nitrogens with one attached hydrogen (secondary N) is 1. The van der Waals surface area contributed by atoms with Crippen molar-refractivity contribution in [3.63, 3.8) is 0 Å². The molecule has 0 saturated carbocycles. The molecule has 0 aliphatic heterocycles. The Bertz CT molecular complexity index is 358. The lowest BCUT2D eigenvalue weighted by atomic mass is 10.1. The maximum absolute atomic E-state index is 11.5. The van der Waals surface area contributed by atoms with E-state index in [0.717, 1.165) is 11.3 Å². The highest BCUT2D eigenvalue weighted by molar-refractivity contribution is 5.80. The number of hydrogen-bond acceptors (Lipinski definition) is 2. The van der Waals surface area contributed by atoms with E-state index in [2.05, 4.69) is 17.0 Å². The van der Waals surface area contributed by atoms with Gasteiger partial charge in [0.1, 0.15) is 0 Å². The minimum Gasteiger partial charge on any atom is -0.354 e. The zero-order valence-corrected chi connectivity index (χ0v) is 9.16. The third kappa shape index (κ3) is 3.54. The van der Waals surface area contributed by atoms with Crippen molar-refractivity contribution in [3.8, 4) is 0 Å². The molecule has 3 heteroatoms. The molecule has 15 heavy (non-hydrogen) atoms. The van der Waals surface area contributed by atoms with Crippen LogP contribution in [0.3, 0.4) is 0 Å². The molecule has 0 aliphatic rings. The summed E-state index contributed by atoms with van der Waals surface area (Å²) in [7, 11) is 0. The van der Waals surface area contributed by atoms with Gasteiger partial charge >= 0.3 is 0 Å². The van der Waals surface area contributed by atoms with Crippen molar-refractivity contribution in [1.29, 1.82) is 0 Å². The van der Waals surface area contributed by atoms with Gasteiger partial charge in [0.2, 0.25) is 5.91 Å². The molecule has 1 rings (SSSR count). The Hall–Kier alpha value is -1.64. The summed E-state index contributed by atoms with van der Waals surface area (Å²) in [6.45, 7) is 7.36. The first-order valence-corrected chi connectivity index (χ1v) is 4.97. The normalized spacial score (nSPS) is 10.1. The van der Waals surface area contributed by atoms with Crippen LogP contribution in [-0.2, 0) is 11.2 Å². The van der Waals surface area contributed by atoms with Gasteiger partial charge in [-0.25, -0.2) is 0 Å². The quantitative estimate of drug-likeness (QED) is 0.750. The number of carbonyl (C=O) groups is 1. The van der Waals surface area contributed by atoms with Crippen molar-refractivity contribution in [3.05, 3.63) is 29.8 Å². The molecule has 3 nitrogen and oxygen atoms in total. The van der Waals surface area contributed by atoms with E-state index in [1.807, 2.05) is 38.1 Å². The Balaban J connectivity index is 2.71.